The van der Waals surface area contributed by atoms with Crippen LogP contribution in [0.1, 0.15) is 34.3 Å². The van der Waals surface area contributed by atoms with Crippen LogP contribution in [0.3, 0.4) is 0 Å². The Bertz CT molecular complexity index is 1630. The molecule has 2 heterocycles. The minimum Gasteiger partial charge on any atom is -0.496 e. The van der Waals surface area contributed by atoms with Gasteiger partial charge in [-0.1, -0.05) is 54.6 Å². The van der Waals surface area contributed by atoms with E-state index in [0.29, 0.717) is 35.5 Å². The van der Waals surface area contributed by atoms with Gasteiger partial charge in [0.2, 0.25) is 0 Å². The highest BCUT2D eigenvalue weighted by Crippen LogP contribution is 2.51. The molecule has 1 amide bonds. The number of sulfone groups is 1. The number of aromatic nitrogens is 1. The van der Waals surface area contributed by atoms with Gasteiger partial charge in [0.25, 0.3) is 5.91 Å². The average molecular weight is 542 g/mol. The number of piperazine rings is 1. The van der Waals surface area contributed by atoms with Crippen LogP contribution >= 0.6 is 0 Å². The maximum absolute atomic E-state index is 13.7. The Balaban J connectivity index is 1.22. The fourth-order valence-electron chi connectivity index (χ4n) is 5.84. The number of amides is 1. The molecule has 39 heavy (non-hydrogen) atoms. The summed E-state index contributed by atoms with van der Waals surface area (Å²) in [6.07, 6.45) is 3.81. The zero-order valence-electron chi connectivity index (χ0n) is 21.8. The van der Waals surface area contributed by atoms with Gasteiger partial charge in [0.1, 0.15) is 5.75 Å². The van der Waals surface area contributed by atoms with E-state index in [2.05, 4.69) is 34.6 Å². The largest absolute Gasteiger partial charge is 0.496 e. The number of benzene rings is 3. The van der Waals surface area contributed by atoms with Crippen LogP contribution in [-0.4, -0.2) is 57.0 Å². The first kappa shape index (κ1) is 25.5. The molecule has 7 nitrogen and oxygen atoms in total. The summed E-state index contributed by atoms with van der Waals surface area (Å²) < 4.78 is 32.3. The second kappa shape index (κ2) is 10.1. The van der Waals surface area contributed by atoms with Crippen LogP contribution in [0.2, 0.25) is 0 Å². The monoisotopic (exact) mass is 541 g/mol. The summed E-state index contributed by atoms with van der Waals surface area (Å²) in [4.78, 5) is 20.0. The number of methoxy groups -OCH3 is 1. The third kappa shape index (κ3) is 4.79. The van der Waals surface area contributed by atoms with Crippen molar-refractivity contribution in [1.29, 1.82) is 0 Å². The summed E-state index contributed by atoms with van der Waals surface area (Å²) in [7, 11) is -2.18. The van der Waals surface area contributed by atoms with Crippen molar-refractivity contribution in [1.82, 2.24) is 15.2 Å². The molecule has 4 aromatic rings. The molecule has 1 unspecified atom stereocenters. The zero-order valence-corrected chi connectivity index (χ0v) is 22.7. The minimum absolute atomic E-state index is 0.0684. The van der Waals surface area contributed by atoms with E-state index in [1.54, 1.807) is 42.6 Å². The predicted molar refractivity (Wildman–Crippen MR) is 151 cm³/mol. The maximum Gasteiger partial charge on any atom is 0.257 e. The van der Waals surface area contributed by atoms with Crippen molar-refractivity contribution in [2.24, 2.45) is 0 Å². The van der Waals surface area contributed by atoms with E-state index in [9.17, 15) is 13.2 Å². The Morgan fingerprint density at radius 1 is 1.05 bits per heavy atom. The van der Waals surface area contributed by atoms with Crippen LogP contribution < -0.4 is 10.1 Å². The number of ether oxygens (including phenoxy) is 1. The SMILES string of the molecule is COc1cc(CS(=O)(=O)c2cccc3cccnc23)ccc1C(=O)N1CCNC(C2(c3ccccc3)CC2)C1. The number of para-hydroxylation sites is 1. The molecule has 0 radical (unpaired) electrons. The van der Waals surface area contributed by atoms with Gasteiger partial charge in [-0.2, -0.15) is 0 Å². The molecular formula is C31H31N3O4S. The molecule has 1 aromatic heterocycles. The fraction of sp³-hybridized carbons (Fsp3) is 0.290. The lowest BCUT2D eigenvalue weighted by atomic mass is 9.86. The van der Waals surface area contributed by atoms with Crippen molar-refractivity contribution in [2.45, 2.75) is 34.9 Å². The molecule has 2 aliphatic rings. The summed E-state index contributed by atoms with van der Waals surface area (Å²) in [5, 5.41) is 4.42. The number of hydrogen-bond donors (Lipinski definition) is 1. The number of carbonyl (C=O) groups is 1. The number of pyridine rings is 1. The van der Waals surface area contributed by atoms with Gasteiger partial charge < -0.3 is 15.0 Å². The van der Waals surface area contributed by atoms with Crippen LogP contribution in [0.5, 0.6) is 5.75 Å². The highest BCUT2D eigenvalue weighted by Gasteiger charge is 2.52. The number of nitrogens with one attached hydrogen (secondary N) is 1. The topological polar surface area (TPSA) is 88.6 Å². The van der Waals surface area contributed by atoms with E-state index in [1.807, 2.05) is 23.1 Å². The lowest BCUT2D eigenvalue weighted by Crippen LogP contribution is -2.57. The van der Waals surface area contributed by atoms with Crippen LogP contribution in [0.25, 0.3) is 10.9 Å². The Morgan fingerprint density at radius 2 is 1.85 bits per heavy atom. The van der Waals surface area contributed by atoms with Crippen molar-refractivity contribution in [3.8, 4) is 5.75 Å². The van der Waals surface area contributed by atoms with E-state index < -0.39 is 9.84 Å². The zero-order chi connectivity index (χ0) is 27.0. The lowest BCUT2D eigenvalue weighted by Gasteiger charge is -2.38. The third-order valence-corrected chi connectivity index (χ3v) is 9.76. The maximum atomic E-state index is 13.7. The molecule has 1 aliphatic carbocycles. The third-order valence-electron chi connectivity index (χ3n) is 8.05. The van der Waals surface area contributed by atoms with Crippen molar-refractivity contribution in [2.75, 3.05) is 26.7 Å². The number of nitrogens with zero attached hydrogens (tertiary/aromatic N) is 2. The predicted octanol–water partition coefficient (Wildman–Crippen LogP) is 4.36. The fourth-order valence-corrected chi connectivity index (χ4v) is 7.37. The summed E-state index contributed by atoms with van der Waals surface area (Å²) in [5.41, 5.74) is 2.84. The van der Waals surface area contributed by atoms with Crippen molar-refractivity contribution >= 4 is 26.6 Å². The molecule has 0 bridgehead atoms. The van der Waals surface area contributed by atoms with E-state index in [-0.39, 0.29) is 28.0 Å². The number of hydrogen-bond acceptors (Lipinski definition) is 6. The molecule has 1 aliphatic heterocycles. The van der Waals surface area contributed by atoms with E-state index in [0.717, 1.165) is 24.8 Å². The van der Waals surface area contributed by atoms with Crippen LogP contribution in [0.4, 0.5) is 0 Å². The highest BCUT2D eigenvalue weighted by molar-refractivity contribution is 7.90. The first-order chi connectivity index (χ1) is 18.9. The second-order valence-electron chi connectivity index (χ2n) is 10.4. The first-order valence-corrected chi connectivity index (χ1v) is 14.9. The van der Waals surface area contributed by atoms with Crippen molar-refractivity contribution in [3.05, 3.63) is 102 Å². The highest BCUT2D eigenvalue weighted by atomic mass is 32.2. The Morgan fingerprint density at radius 3 is 2.62 bits per heavy atom. The summed E-state index contributed by atoms with van der Waals surface area (Å²) in [5.74, 6) is 0.0564. The van der Waals surface area contributed by atoms with E-state index >= 15 is 0 Å². The molecule has 6 rings (SSSR count). The number of rotatable bonds is 7. The van der Waals surface area contributed by atoms with Gasteiger partial charge in [-0.3, -0.25) is 9.78 Å². The van der Waals surface area contributed by atoms with Gasteiger partial charge in [-0.15, -0.1) is 0 Å². The van der Waals surface area contributed by atoms with Gasteiger partial charge in [0.15, 0.2) is 9.84 Å². The normalized spacial score (nSPS) is 18.6. The molecule has 1 atom stereocenters. The molecule has 200 valence electrons. The Hall–Kier alpha value is -3.75. The molecule has 0 spiro atoms. The van der Waals surface area contributed by atoms with Gasteiger partial charge in [-0.25, -0.2) is 8.42 Å². The van der Waals surface area contributed by atoms with Gasteiger partial charge >= 0.3 is 0 Å². The lowest BCUT2D eigenvalue weighted by molar-refractivity contribution is 0.0683. The van der Waals surface area contributed by atoms with Crippen molar-refractivity contribution in [3.63, 3.8) is 0 Å². The Labute approximate surface area is 228 Å². The molecule has 2 fully saturated rings. The number of fused-ring (bicyclic) bond motifs is 1. The van der Waals surface area contributed by atoms with Crippen LogP contribution in [0, 0.1) is 0 Å². The van der Waals surface area contributed by atoms with Crippen LogP contribution in [-0.2, 0) is 21.0 Å². The summed E-state index contributed by atoms with van der Waals surface area (Å²) in [6.45, 7) is 1.94. The molecule has 1 N–H and O–H groups in total. The number of carbonyl (C=O) groups excluding carboxylic acids is 1. The summed E-state index contributed by atoms with van der Waals surface area (Å²) >= 11 is 0. The van der Waals surface area contributed by atoms with Gasteiger partial charge in [-0.05, 0) is 48.2 Å². The molecule has 8 heteroatoms. The average Bonchev–Trinajstić information content (AvgIpc) is 3.79. The quantitative estimate of drug-likeness (QED) is 0.374. The van der Waals surface area contributed by atoms with E-state index in [4.69, 9.17) is 4.74 Å². The van der Waals surface area contributed by atoms with Gasteiger partial charge in [0, 0.05) is 42.7 Å². The second-order valence-corrected chi connectivity index (χ2v) is 12.4. The molecule has 1 saturated heterocycles. The Kier molecular flexibility index (Phi) is 6.61. The minimum atomic E-state index is -3.68. The van der Waals surface area contributed by atoms with Gasteiger partial charge in [0.05, 0.1) is 28.8 Å². The first-order valence-electron chi connectivity index (χ1n) is 13.2. The smallest absolute Gasteiger partial charge is 0.257 e. The molecule has 1 saturated carbocycles. The molecule has 3 aromatic carbocycles. The standard InChI is InChI=1S/C31H31N3O4S/c1-38-26-19-22(21-39(36,37)27-11-5-7-23-8-6-16-33-29(23)27)12-13-25(26)30(35)34-18-17-32-28(20-34)31(14-15-31)24-9-3-2-4-10-24/h2-13,16,19,28,32H,14-15,17-18,20-21H2,1H3. The van der Waals surface area contributed by atoms with Crippen molar-refractivity contribution < 1.29 is 17.9 Å². The van der Waals surface area contributed by atoms with Crippen LogP contribution in [0.15, 0.2) is 90.0 Å². The molecular weight excluding hydrogens is 510 g/mol. The van der Waals surface area contributed by atoms with E-state index in [1.165, 1.54) is 12.7 Å². The summed E-state index contributed by atoms with van der Waals surface area (Å²) in [6, 6.07) is 24.6.